The molecule has 0 aliphatic carbocycles. The molecule has 2 fully saturated rings. The number of fused-ring (bicyclic) bond motifs is 1. The molecule has 40 heavy (non-hydrogen) atoms. The van der Waals surface area contributed by atoms with Crippen molar-refractivity contribution in [1.82, 2.24) is 20.6 Å². The summed E-state index contributed by atoms with van der Waals surface area (Å²) in [5.74, 6) is 1.56. The number of hydrogen-bond donors (Lipinski definition) is 3. The second-order valence-electron chi connectivity index (χ2n) is 10.2. The molecule has 0 saturated carbocycles. The van der Waals surface area contributed by atoms with Gasteiger partial charge < -0.3 is 30.2 Å². The van der Waals surface area contributed by atoms with Crippen LogP contribution < -0.4 is 30.3 Å². The van der Waals surface area contributed by atoms with E-state index >= 15 is 0 Å². The number of cyclic esters (lactones) is 1. The minimum atomic E-state index is -0.453. The number of anilines is 2. The maximum Gasteiger partial charge on any atom is 0.415 e. The number of benzene rings is 1. The molecule has 3 atom stereocenters. The summed E-state index contributed by atoms with van der Waals surface area (Å²) in [6.45, 7) is 4.80. The number of carbonyl (C=O) groups excluding carboxylic acids is 2. The molecule has 6 rings (SSSR count). The van der Waals surface area contributed by atoms with Gasteiger partial charge in [-0.25, -0.2) is 14.8 Å². The molecule has 11 nitrogen and oxygen atoms in total. The van der Waals surface area contributed by atoms with E-state index in [-0.39, 0.29) is 24.7 Å². The van der Waals surface area contributed by atoms with E-state index in [4.69, 9.17) is 19.2 Å². The van der Waals surface area contributed by atoms with Crippen LogP contribution in [0.25, 0.3) is 11.3 Å². The van der Waals surface area contributed by atoms with Gasteiger partial charge in [0.1, 0.15) is 18.0 Å². The summed E-state index contributed by atoms with van der Waals surface area (Å²) in [5, 5.41) is 9.49. The monoisotopic (exact) mass is 544 g/mol. The zero-order valence-corrected chi connectivity index (χ0v) is 22.3. The summed E-state index contributed by atoms with van der Waals surface area (Å²) < 4.78 is 17.0. The molecule has 1 aromatic carbocycles. The minimum Gasteiger partial charge on any atom is -0.480 e. The van der Waals surface area contributed by atoms with Crippen LogP contribution in [0.4, 0.5) is 16.4 Å². The number of ether oxygens (including phenoxy) is 3. The van der Waals surface area contributed by atoms with E-state index < -0.39 is 6.09 Å². The lowest BCUT2D eigenvalue weighted by Gasteiger charge is -2.32. The second-order valence-corrected chi connectivity index (χ2v) is 10.2. The van der Waals surface area contributed by atoms with Gasteiger partial charge in [0.25, 0.3) is 5.91 Å². The van der Waals surface area contributed by atoms with Gasteiger partial charge >= 0.3 is 6.09 Å². The van der Waals surface area contributed by atoms with Crippen molar-refractivity contribution >= 4 is 23.6 Å². The van der Waals surface area contributed by atoms with Crippen LogP contribution in [0.2, 0.25) is 0 Å². The van der Waals surface area contributed by atoms with Crippen LogP contribution in [0.1, 0.15) is 25.3 Å². The molecule has 2 saturated heterocycles. The number of nitrogens with zero attached hydrogens (tertiary/aromatic N) is 3. The number of amides is 2. The van der Waals surface area contributed by atoms with Gasteiger partial charge in [-0.05, 0) is 62.7 Å². The number of hydrogen-bond acceptors (Lipinski definition) is 9. The van der Waals surface area contributed by atoms with Crippen molar-refractivity contribution in [3.8, 4) is 22.9 Å². The molecule has 5 heterocycles. The Bertz CT molecular complexity index is 1400. The molecular weight excluding hydrogens is 512 g/mol. The Morgan fingerprint density at radius 3 is 2.88 bits per heavy atom. The third-order valence-corrected chi connectivity index (χ3v) is 7.26. The van der Waals surface area contributed by atoms with Crippen LogP contribution in [0.3, 0.4) is 0 Å². The fraction of sp³-hybridized carbons (Fsp3) is 0.379. The van der Waals surface area contributed by atoms with Gasteiger partial charge in [-0.15, -0.1) is 0 Å². The van der Waals surface area contributed by atoms with E-state index in [0.717, 1.165) is 29.8 Å². The maximum absolute atomic E-state index is 12.5. The number of rotatable bonds is 10. The Hall–Kier alpha value is -4.22. The zero-order chi connectivity index (χ0) is 27.5. The van der Waals surface area contributed by atoms with Crippen LogP contribution >= 0.6 is 0 Å². The van der Waals surface area contributed by atoms with Crippen molar-refractivity contribution in [1.29, 1.82) is 0 Å². The smallest absolute Gasteiger partial charge is 0.415 e. The van der Waals surface area contributed by atoms with Crippen molar-refractivity contribution in [2.75, 3.05) is 36.5 Å². The summed E-state index contributed by atoms with van der Waals surface area (Å²) in [6, 6.07) is 17.9. The standard InChI is InChI=1S/C29H32N6O5/c1-18(22-11-13-31-22)39-27-7-3-6-23(32-27)20-5-2-4-19(14-20)15-30-12-10-21-16-35(29(37)40-21)25-9-8-24-28(33-25)34-26(36)17-38-24/h2-9,14,18,21-22,30-31H,10-13,15-17H2,1H3,(H,33,34,36)/t18-,21?,22?/m0/s1. The van der Waals surface area contributed by atoms with Crippen molar-refractivity contribution < 1.29 is 23.8 Å². The third-order valence-electron chi connectivity index (χ3n) is 7.26. The normalized spacial score (nSPS) is 20.6. The summed E-state index contributed by atoms with van der Waals surface area (Å²) in [6.07, 6.45) is 1.14. The fourth-order valence-corrected chi connectivity index (χ4v) is 4.92. The molecule has 3 aromatic rings. The lowest BCUT2D eigenvalue weighted by molar-refractivity contribution is -0.118. The van der Waals surface area contributed by atoms with Gasteiger partial charge in [-0.1, -0.05) is 24.3 Å². The highest BCUT2D eigenvalue weighted by Crippen LogP contribution is 2.30. The van der Waals surface area contributed by atoms with Crippen molar-refractivity contribution in [3.63, 3.8) is 0 Å². The lowest BCUT2D eigenvalue weighted by atomic mass is 10.0. The zero-order valence-electron chi connectivity index (χ0n) is 22.3. The summed E-state index contributed by atoms with van der Waals surface area (Å²) in [7, 11) is 0. The third kappa shape index (κ3) is 5.85. The quantitative estimate of drug-likeness (QED) is 0.330. The Labute approximate surface area is 232 Å². The number of carbonyl (C=O) groups is 2. The molecule has 11 heteroatoms. The molecule has 2 amide bonds. The first-order valence-corrected chi connectivity index (χ1v) is 13.6. The topological polar surface area (TPSA) is 127 Å². The van der Waals surface area contributed by atoms with E-state index in [1.807, 2.05) is 30.3 Å². The Morgan fingerprint density at radius 1 is 1.15 bits per heavy atom. The molecule has 0 bridgehead atoms. The average molecular weight is 545 g/mol. The molecule has 0 spiro atoms. The van der Waals surface area contributed by atoms with E-state index in [1.54, 1.807) is 12.1 Å². The van der Waals surface area contributed by atoms with Crippen molar-refractivity contribution in [2.24, 2.45) is 0 Å². The first-order chi connectivity index (χ1) is 19.5. The molecule has 0 radical (unpaired) electrons. The van der Waals surface area contributed by atoms with Gasteiger partial charge in [0.15, 0.2) is 18.2 Å². The molecule has 2 unspecified atom stereocenters. The summed E-state index contributed by atoms with van der Waals surface area (Å²) in [5.41, 5.74) is 3.02. The molecule has 2 aromatic heterocycles. The van der Waals surface area contributed by atoms with E-state index in [1.165, 1.54) is 4.90 Å². The van der Waals surface area contributed by atoms with Gasteiger partial charge in [-0.2, -0.15) is 0 Å². The van der Waals surface area contributed by atoms with E-state index in [0.29, 0.717) is 55.4 Å². The molecule has 3 aliphatic heterocycles. The van der Waals surface area contributed by atoms with Crippen molar-refractivity contribution in [2.45, 2.75) is 44.6 Å². The van der Waals surface area contributed by atoms with Crippen LogP contribution in [0, 0.1) is 0 Å². The number of nitrogens with one attached hydrogen (secondary N) is 3. The Morgan fingerprint density at radius 2 is 2.02 bits per heavy atom. The predicted molar refractivity (Wildman–Crippen MR) is 148 cm³/mol. The molecule has 3 aliphatic rings. The van der Waals surface area contributed by atoms with E-state index in [9.17, 15) is 9.59 Å². The van der Waals surface area contributed by atoms with Gasteiger partial charge in [0.05, 0.1) is 12.2 Å². The van der Waals surface area contributed by atoms with Crippen LogP contribution in [-0.4, -0.2) is 66.5 Å². The largest absolute Gasteiger partial charge is 0.480 e. The van der Waals surface area contributed by atoms with E-state index in [2.05, 4.69) is 40.0 Å². The molecular formula is C29H32N6O5. The second kappa shape index (κ2) is 11.5. The van der Waals surface area contributed by atoms with Gasteiger partial charge in [0.2, 0.25) is 5.88 Å². The first-order valence-electron chi connectivity index (χ1n) is 13.6. The minimum absolute atomic E-state index is 0.0457. The SMILES string of the molecule is C[C@H](Oc1cccc(-c2cccc(CNCCC3CN(c4ccc5c(n4)NC(=O)CO5)C(=O)O3)c2)n1)C1CCN1. The highest BCUT2D eigenvalue weighted by atomic mass is 16.6. The average Bonchev–Trinajstić information content (AvgIpc) is 3.30. The van der Waals surface area contributed by atoms with Gasteiger partial charge in [-0.3, -0.25) is 9.69 Å². The lowest BCUT2D eigenvalue weighted by Crippen LogP contribution is -2.51. The van der Waals surface area contributed by atoms with Crippen molar-refractivity contribution in [3.05, 3.63) is 60.2 Å². The van der Waals surface area contributed by atoms with Crippen LogP contribution in [-0.2, 0) is 16.1 Å². The number of aromatic nitrogens is 2. The number of pyridine rings is 2. The van der Waals surface area contributed by atoms with Gasteiger partial charge in [0, 0.05) is 24.2 Å². The molecule has 3 N–H and O–H groups in total. The fourth-order valence-electron chi connectivity index (χ4n) is 4.92. The highest BCUT2D eigenvalue weighted by molar-refractivity contribution is 5.95. The highest BCUT2D eigenvalue weighted by Gasteiger charge is 2.33. The Kier molecular flexibility index (Phi) is 7.47. The Balaban J connectivity index is 0.996. The van der Waals surface area contributed by atoms with Crippen LogP contribution in [0.15, 0.2) is 54.6 Å². The summed E-state index contributed by atoms with van der Waals surface area (Å²) >= 11 is 0. The van der Waals surface area contributed by atoms with Crippen LogP contribution in [0.5, 0.6) is 11.6 Å². The molecule has 208 valence electrons. The predicted octanol–water partition coefficient (Wildman–Crippen LogP) is 3.11. The summed E-state index contributed by atoms with van der Waals surface area (Å²) in [4.78, 5) is 34.7. The first kappa shape index (κ1) is 26.0. The maximum atomic E-state index is 12.5.